The first kappa shape index (κ1) is 9.65. The van der Waals surface area contributed by atoms with E-state index in [1.165, 1.54) is 12.1 Å². The molecule has 0 aromatic rings. The van der Waals surface area contributed by atoms with Gasteiger partial charge in [0, 0.05) is 30.6 Å². The summed E-state index contributed by atoms with van der Waals surface area (Å²) in [5.41, 5.74) is 3.97. The van der Waals surface area contributed by atoms with Gasteiger partial charge in [0.25, 0.3) is 0 Å². The molecule has 4 heteroatoms. The molecule has 0 aromatic carbocycles. The van der Waals surface area contributed by atoms with Crippen LogP contribution in [0.2, 0.25) is 0 Å². The normalized spacial score (nSPS) is 33.5. The van der Waals surface area contributed by atoms with Crippen molar-refractivity contribution in [1.29, 1.82) is 5.41 Å². The standard InChI is InChI=1S/C10H17N3O/c1-7-5-9(11)12-13-10(7)8-3-2-4-14-6-8/h7-8H,2-6H2,1H3,(H2,11,12). The predicted octanol–water partition coefficient (Wildman–Crippen LogP) is 1.38. The summed E-state index contributed by atoms with van der Waals surface area (Å²) in [5, 5.41) is 11.8. The molecular weight excluding hydrogens is 178 g/mol. The van der Waals surface area contributed by atoms with Crippen molar-refractivity contribution in [3.05, 3.63) is 0 Å². The lowest BCUT2D eigenvalue weighted by atomic mass is 9.86. The minimum atomic E-state index is 0.399. The Morgan fingerprint density at radius 3 is 3.07 bits per heavy atom. The van der Waals surface area contributed by atoms with E-state index in [9.17, 15) is 0 Å². The van der Waals surface area contributed by atoms with Crippen LogP contribution in [-0.2, 0) is 4.74 Å². The molecular formula is C10H17N3O. The third-order valence-electron chi connectivity index (χ3n) is 2.91. The van der Waals surface area contributed by atoms with Gasteiger partial charge in [0.1, 0.15) is 5.84 Å². The minimum Gasteiger partial charge on any atom is -0.381 e. The second kappa shape index (κ2) is 4.09. The Hall–Kier alpha value is -0.900. The molecule has 2 aliphatic heterocycles. The summed E-state index contributed by atoms with van der Waals surface area (Å²) in [6.45, 7) is 3.84. The molecule has 2 unspecified atom stereocenters. The number of hydrazone groups is 1. The highest BCUT2D eigenvalue weighted by atomic mass is 16.5. The molecule has 2 heterocycles. The van der Waals surface area contributed by atoms with Crippen LogP contribution in [0.3, 0.4) is 0 Å². The van der Waals surface area contributed by atoms with Crippen molar-refractivity contribution in [1.82, 2.24) is 5.43 Å². The molecule has 1 saturated heterocycles. The van der Waals surface area contributed by atoms with Crippen LogP contribution in [0, 0.1) is 17.2 Å². The highest BCUT2D eigenvalue weighted by Gasteiger charge is 2.27. The van der Waals surface area contributed by atoms with Gasteiger partial charge in [-0.15, -0.1) is 0 Å². The van der Waals surface area contributed by atoms with E-state index in [0.29, 0.717) is 17.7 Å². The largest absolute Gasteiger partial charge is 0.381 e. The number of ether oxygens (including phenoxy) is 1. The van der Waals surface area contributed by atoms with Crippen LogP contribution in [0.15, 0.2) is 5.10 Å². The van der Waals surface area contributed by atoms with E-state index in [2.05, 4.69) is 17.5 Å². The van der Waals surface area contributed by atoms with E-state index in [-0.39, 0.29) is 0 Å². The van der Waals surface area contributed by atoms with E-state index in [0.717, 1.165) is 26.1 Å². The van der Waals surface area contributed by atoms with Gasteiger partial charge in [-0.1, -0.05) is 6.92 Å². The summed E-state index contributed by atoms with van der Waals surface area (Å²) in [5.74, 6) is 1.40. The molecule has 0 radical (unpaired) electrons. The van der Waals surface area contributed by atoms with Crippen LogP contribution < -0.4 is 5.43 Å². The van der Waals surface area contributed by atoms with Gasteiger partial charge in [0.15, 0.2) is 0 Å². The summed E-state index contributed by atoms with van der Waals surface area (Å²) in [6.07, 6.45) is 3.10. The maximum absolute atomic E-state index is 7.47. The topological polar surface area (TPSA) is 57.5 Å². The highest BCUT2D eigenvalue weighted by Crippen LogP contribution is 2.22. The Balaban J connectivity index is 2.04. The molecule has 2 rings (SSSR count). The highest BCUT2D eigenvalue weighted by molar-refractivity contribution is 5.96. The summed E-state index contributed by atoms with van der Waals surface area (Å²) in [7, 11) is 0. The van der Waals surface area contributed by atoms with Crippen LogP contribution in [0.5, 0.6) is 0 Å². The van der Waals surface area contributed by atoms with Crippen molar-refractivity contribution >= 4 is 11.5 Å². The van der Waals surface area contributed by atoms with Gasteiger partial charge >= 0.3 is 0 Å². The zero-order chi connectivity index (χ0) is 9.97. The Labute approximate surface area is 84.2 Å². The molecule has 2 atom stereocenters. The molecule has 1 fully saturated rings. The number of amidine groups is 1. The fourth-order valence-electron chi connectivity index (χ4n) is 2.17. The lowest BCUT2D eigenvalue weighted by Crippen LogP contribution is -2.38. The zero-order valence-electron chi connectivity index (χ0n) is 8.55. The van der Waals surface area contributed by atoms with Crippen LogP contribution in [0.1, 0.15) is 26.2 Å². The molecule has 2 aliphatic rings. The lowest BCUT2D eigenvalue weighted by Gasteiger charge is -2.29. The first-order valence-corrected chi connectivity index (χ1v) is 5.26. The Morgan fingerprint density at radius 1 is 1.57 bits per heavy atom. The second-order valence-corrected chi connectivity index (χ2v) is 4.15. The summed E-state index contributed by atoms with van der Waals surface area (Å²) in [6, 6.07) is 0. The molecule has 0 amide bonds. The van der Waals surface area contributed by atoms with E-state index < -0.39 is 0 Å². The second-order valence-electron chi connectivity index (χ2n) is 4.15. The van der Waals surface area contributed by atoms with Crippen molar-refractivity contribution in [2.75, 3.05) is 13.2 Å². The smallest absolute Gasteiger partial charge is 0.114 e. The van der Waals surface area contributed by atoms with Crippen molar-refractivity contribution in [2.24, 2.45) is 16.9 Å². The molecule has 4 nitrogen and oxygen atoms in total. The van der Waals surface area contributed by atoms with Gasteiger partial charge in [-0.2, -0.15) is 5.10 Å². The van der Waals surface area contributed by atoms with Crippen LogP contribution in [-0.4, -0.2) is 24.8 Å². The Kier molecular flexibility index (Phi) is 2.82. The van der Waals surface area contributed by atoms with Crippen molar-refractivity contribution in [3.8, 4) is 0 Å². The number of nitrogens with one attached hydrogen (secondary N) is 2. The van der Waals surface area contributed by atoms with E-state index in [4.69, 9.17) is 10.1 Å². The SMILES string of the molecule is CC1CC(=N)NN=C1C1CCCOC1. The average molecular weight is 195 g/mol. The third kappa shape index (κ3) is 1.95. The van der Waals surface area contributed by atoms with Crippen molar-refractivity contribution in [2.45, 2.75) is 26.2 Å². The summed E-state index contributed by atoms with van der Waals surface area (Å²) >= 11 is 0. The zero-order valence-corrected chi connectivity index (χ0v) is 8.55. The average Bonchev–Trinajstić information content (AvgIpc) is 2.19. The fraction of sp³-hybridized carbons (Fsp3) is 0.800. The van der Waals surface area contributed by atoms with Gasteiger partial charge in [0.2, 0.25) is 0 Å². The van der Waals surface area contributed by atoms with Crippen molar-refractivity contribution < 1.29 is 4.74 Å². The molecule has 14 heavy (non-hydrogen) atoms. The monoisotopic (exact) mass is 195 g/mol. The molecule has 0 saturated carbocycles. The molecule has 78 valence electrons. The van der Waals surface area contributed by atoms with Gasteiger partial charge in [-0.3, -0.25) is 10.8 Å². The molecule has 0 spiro atoms. The molecule has 2 N–H and O–H groups in total. The van der Waals surface area contributed by atoms with E-state index >= 15 is 0 Å². The Morgan fingerprint density at radius 2 is 2.43 bits per heavy atom. The predicted molar refractivity (Wildman–Crippen MR) is 55.6 cm³/mol. The summed E-state index contributed by atoms with van der Waals surface area (Å²) < 4.78 is 5.45. The third-order valence-corrected chi connectivity index (χ3v) is 2.91. The van der Waals surface area contributed by atoms with Crippen LogP contribution >= 0.6 is 0 Å². The molecule has 0 aromatic heterocycles. The first-order chi connectivity index (χ1) is 6.77. The summed E-state index contributed by atoms with van der Waals surface area (Å²) in [4.78, 5) is 0. The number of nitrogens with zero attached hydrogens (tertiary/aromatic N) is 1. The van der Waals surface area contributed by atoms with Gasteiger partial charge in [0.05, 0.1) is 6.61 Å². The van der Waals surface area contributed by atoms with E-state index in [1.807, 2.05) is 0 Å². The quantitative estimate of drug-likeness (QED) is 0.664. The molecule has 0 bridgehead atoms. The van der Waals surface area contributed by atoms with Gasteiger partial charge in [-0.25, -0.2) is 0 Å². The van der Waals surface area contributed by atoms with Crippen molar-refractivity contribution in [3.63, 3.8) is 0 Å². The number of hydrogen-bond acceptors (Lipinski definition) is 3. The number of rotatable bonds is 1. The molecule has 0 aliphatic carbocycles. The number of hydrogen-bond donors (Lipinski definition) is 2. The Bertz CT molecular complexity index is 256. The maximum Gasteiger partial charge on any atom is 0.114 e. The maximum atomic E-state index is 7.47. The van der Waals surface area contributed by atoms with E-state index in [1.54, 1.807) is 0 Å². The van der Waals surface area contributed by atoms with Gasteiger partial charge in [-0.05, 0) is 12.8 Å². The lowest BCUT2D eigenvalue weighted by molar-refractivity contribution is 0.0753. The fourth-order valence-corrected chi connectivity index (χ4v) is 2.17. The first-order valence-electron chi connectivity index (χ1n) is 5.26. The van der Waals surface area contributed by atoms with Crippen LogP contribution in [0.4, 0.5) is 0 Å². The van der Waals surface area contributed by atoms with Crippen LogP contribution in [0.25, 0.3) is 0 Å². The minimum absolute atomic E-state index is 0.399. The van der Waals surface area contributed by atoms with Gasteiger partial charge < -0.3 is 4.74 Å².